The minimum absolute atomic E-state index is 0.186. The van der Waals surface area contributed by atoms with Crippen molar-refractivity contribution in [3.8, 4) is 5.75 Å². The molecular formula is C15H10FN4O5-. The number of nitrogens with one attached hydrogen (secondary N) is 2. The Morgan fingerprint density at radius 2 is 1.80 bits per heavy atom. The van der Waals surface area contributed by atoms with Crippen molar-refractivity contribution in [1.82, 2.24) is 5.43 Å². The van der Waals surface area contributed by atoms with Gasteiger partial charge < -0.3 is 10.4 Å². The van der Waals surface area contributed by atoms with Crippen molar-refractivity contribution in [2.75, 3.05) is 5.32 Å². The lowest BCUT2D eigenvalue weighted by Crippen LogP contribution is -2.32. The van der Waals surface area contributed by atoms with E-state index in [1.54, 1.807) is 0 Å². The summed E-state index contributed by atoms with van der Waals surface area (Å²) in [6, 6.07) is 8.00. The number of carbonyl (C=O) groups excluding carboxylic acids is 2. The molecule has 0 radical (unpaired) electrons. The molecule has 0 saturated carbocycles. The molecule has 10 heteroatoms. The van der Waals surface area contributed by atoms with Gasteiger partial charge in [-0.05, 0) is 30.0 Å². The fourth-order valence-corrected chi connectivity index (χ4v) is 1.69. The van der Waals surface area contributed by atoms with Crippen molar-refractivity contribution in [2.45, 2.75) is 0 Å². The highest BCUT2D eigenvalue weighted by atomic mass is 19.1. The summed E-state index contributed by atoms with van der Waals surface area (Å²) < 4.78 is 12.7. The molecule has 9 nitrogen and oxygen atoms in total. The number of benzene rings is 2. The number of carbonyl (C=O) groups is 2. The Hall–Kier alpha value is -3.82. The molecule has 2 rings (SSSR count). The van der Waals surface area contributed by atoms with E-state index in [4.69, 9.17) is 0 Å². The van der Waals surface area contributed by atoms with Gasteiger partial charge in [0.1, 0.15) is 5.82 Å². The first-order valence-electron chi connectivity index (χ1n) is 6.72. The highest BCUT2D eigenvalue weighted by Crippen LogP contribution is 2.22. The van der Waals surface area contributed by atoms with Crippen LogP contribution in [0.2, 0.25) is 0 Å². The first-order chi connectivity index (χ1) is 11.9. The average Bonchev–Trinajstić information content (AvgIpc) is 2.58. The number of hydrazone groups is 1. The van der Waals surface area contributed by atoms with Crippen LogP contribution >= 0.6 is 0 Å². The van der Waals surface area contributed by atoms with Gasteiger partial charge in [-0.1, -0.05) is 12.1 Å². The lowest BCUT2D eigenvalue weighted by atomic mass is 10.2. The SMILES string of the molecule is O=C(N/N=C\c1ccc([O-])c([N+](=O)[O-])c1)C(=O)Nc1ccc(F)cc1. The predicted octanol–water partition coefficient (Wildman–Crippen LogP) is 0.896. The smallest absolute Gasteiger partial charge is 0.329 e. The standard InChI is InChI=1S/C15H11FN4O5/c16-10-2-4-11(5-3-10)18-14(22)15(23)19-17-8-9-1-6-13(21)12(7-9)20(24)25/h1-8,21H,(H,18,22)(H,19,23)/p-1/b17-8-. The van der Waals surface area contributed by atoms with Crippen molar-refractivity contribution in [3.05, 3.63) is 64.0 Å². The van der Waals surface area contributed by atoms with Crippen molar-refractivity contribution < 1.29 is 24.0 Å². The van der Waals surface area contributed by atoms with Crippen LogP contribution in [0.3, 0.4) is 0 Å². The molecule has 2 aromatic rings. The molecule has 0 aliphatic carbocycles. The minimum atomic E-state index is -1.10. The Balaban J connectivity index is 1.95. The van der Waals surface area contributed by atoms with E-state index in [2.05, 4.69) is 10.4 Å². The average molecular weight is 345 g/mol. The maximum absolute atomic E-state index is 12.7. The molecule has 2 aromatic carbocycles. The number of anilines is 1. The van der Waals surface area contributed by atoms with Crippen LogP contribution in [-0.2, 0) is 9.59 Å². The number of nitro groups is 1. The molecule has 0 saturated heterocycles. The summed E-state index contributed by atoms with van der Waals surface area (Å²) >= 11 is 0. The topological polar surface area (TPSA) is 137 Å². The Kier molecular flexibility index (Phi) is 5.36. The quantitative estimate of drug-likeness (QED) is 0.367. The van der Waals surface area contributed by atoms with Crippen LogP contribution in [0, 0.1) is 15.9 Å². The lowest BCUT2D eigenvalue weighted by molar-refractivity contribution is -0.398. The van der Waals surface area contributed by atoms with Gasteiger partial charge in [-0.2, -0.15) is 5.10 Å². The van der Waals surface area contributed by atoms with Gasteiger partial charge in [0.05, 0.1) is 11.1 Å². The van der Waals surface area contributed by atoms with Crippen LogP contribution in [-0.4, -0.2) is 23.0 Å². The molecule has 25 heavy (non-hydrogen) atoms. The van der Waals surface area contributed by atoms with Gasteiger partial charge in [0, 0.05) is 17.3 Å². The van der Waals surface area contributed by atoms with Crippen LogP contribution in [0.5, 0.6) is 5.75 Å². The highest BCUT2D eigenvalue weighted by molar-refractivity contribution is 6.39. The summed E-state index contributed by atoms with van der Waals surface area (Å²) in [5, 5.41) is 27.6. The van der Waals surface area contributed by atoms with Gasteiger partial charge in [-0.15, -0.1) is 0 Å². The zero-order chi connectivity index (χ0) is 18.4. The zero-order valence-electron chi connectivity index (χ0n) is 12.4. The number of amides is 2. The molecule has 2 amide bonds. The van der Waals surface area contributed by atoms with Crippen molar-refractivity contribution in [2.24, 2.45) is 5.10 Å². The molecule has 128 valence electrons. The lowest BCUT2D eigenvalue weighted by Gasteiger charge is -2.06. The van der Waals surface area contributed by atoms with Crippen LogP contribution in [0.4, 0.5) is 15.8 Å². The summed E-state index contributed by atoms with van der Waals surface area (Å²) in [6.07, 6.45) is 1.04. The van der Waals surface area contributed by atoms with Crippen LogP contribution < -0.4 is 15.8 Å². The minimum Gasteiger partial charge on any atom is -0.868 e. The van der Waals surface area contributed by atoms with E-state index in [9.17, 15) is 29.2 Å². The third-order valence-corrected chi connectivity index (χ3v) is 2.87. The molecule has 0 aliphatic heterocycles. The maximum Gasteiger partial charge on any atom is 0.329 e. The maximum atomic E-state index is 12.7. The third-order valence-electron chi connectivity index (χ3n) is 2.87. The van der Waals surface area contributed by atoms with Gasteiger partial charge in [-0.3, -0.25) is 19.7 Å². The molecule has 0 aromatic heterocycles. The van der Waals surface area contributed by atoms with Crippen LogP contribution in [0.25, 0.3) is 0 Å². The molecule has 0 fully saturated rings. The van der Waals surface area contributed by atoms with Gasteiger partial charge >= 0.3 is 11.8 Å². The van der Waals surface area contributed by atoms with Gasteiger partial charge in [0.15, 0.2) is 0 Å². The largest absolute Gasteiger partial charge is 0.868 e. The van der Waals surface area contributed by atoms with E-state index in [-0.39, 0.29) is 11.3 Å². The number of nitrogens with zero attached hydrogens (tertiary/aromatic N) is 2. The van der Waals surface area contributed by atoms with E-state index < -0.39 is 34.0 Å². The van der Waals surface area contributed by atoms with Gasteiger partial charge in [0.2, 0.25) is 0 Å². The first kappa shape index (κ1) is 17.5. The third kappa shape index (κ3) is 4.82. The monoisotopic (exact) mass is 345 g/mol. The van der Waals surface area contributed by atoms with Crippen molar-refractivity contribution >= 4 is 29.4 Å². The van der Waals surface area contributed by atoms with Gasteiger partial charge in [0.25, 0.3) is 5.69 Å². The number of nitro benzene ring substituents is 1. The Bertz CT molecular complexity index is 852. The molecule has 0 atom stereocenters. The number of hydrogen-bond donors (Lipinski definition) is 2. The van der Waals surface area contributed by atoms with Crippen LogP contribution in [0.1, 0.15) is 5.56 Å². The molecule has 0 bridgehead atoms. The fourth-order valence-electron chi connectivity index (χ4n) is 1.69. The van der Waals surface area contributed by atoms with E-state index in [0.717, 1.165) is 30.5 Å². The first-order valence-corrected chi connectivity index (χ1v) is 6.72. The Morgan fingerprint density at radius 3 is 2.44 bits per heavy atom. The number of halogens is 1. The summed E-state index contributed by atoms with van der Waals surface area (Å²) in [6.45, 7) is 0. The number of hydrogen-bond acceptors (Lipinski definition) is 6. The zero-order valence-corrected chi connectivity index (χ0v) is 12.4. The van der Waals surface area contributed by atoms with E-state index in [1.807, 2.05) is 5.43 Å². The fraction of sp³-hybridized carbons (Fsp3) is 0. The van der Waals surface area contributed by atoms with Crippen LogP contribution in [0.15, 0.2) is 47.6 Å². The summed E-state index contributed by atoms with van der Waals surface area (Å²) in [7, 11) is 0. The summed E-state index contributed by atoms with van der Waals surface area (Å²) in [4.78, 5) is 33.0. The second-order valence-corrected chi connectivity index (χ2v) is 4.64. The Morgan fingerprint density at radius 1 is 1.12 bits per heavy atom. The van der Waals surface area contributed by atoms with E-state index in [1.165, 1.54) is 18.2 Å². The molecule has 2 N–H and O–H groups in total. The summed E-state index contributed by atoms with van der Waals surface area (Å²) in [5.41, 5.74) is 1.69. The molecular weight excluding hydrogens is 335 g/mol. The Labute approximate surface area is 139 Å². The second-order valence-electron chi connectivity index (χ2n) is 4.64. The van der Waals surface area contributed by atoms with E-state index >= 15 is 0 Å². The predicted molar refractivity (Wildman–Crippen MR) is 83.3 cm³/mol. The van der Waals surface area contributed by atoms with E-state index in [0.29, 0.717) is 0 Å². The van der Waals surface area contributed by atoms with Crippen molar-refractivity contribution in [3.63, 3.8) is 0 Å². The second kappa shape index (κ2) is 7.64. The normalized spacial score (nSPS) is 10.4. The molecule has 0 spiro atoms. The summed E-state index contributed by atoms with van der Waals surface area (Å²) in [5.74, 6) is -3.39. The number of rotatable bonds is 4. The van der Waals surface area contributed by atoms with Crippen molar-refractivity contribution in [1.29, 1.82) is 0 Å². The molecule has 0 unspecified atom stereocenters. The van der Waals surface area contributed by atoms with Gasteiger partial charge in [-0.25, -0.2) is 9.82 Å². The highest BCUT2D eigenvalue weighted by Gasteiger charge is 2.13. The molecule has 0 aliphatic rings. The molecule has 0 heterocycles.